The predicted molar refractivity (Wildman–Crippen MR) is 87.1 cm³/mol. The summed E-state index contributed by atoms with van der Waals surface area (Å²) in [6.45, 7) is 6.80. The predicted octanol–water partition coefficient (Wildman–Crippen LogP) is 4.63. The number of rotatable bonds is 4. The molecule has 0 N–H and O–H groups in total. The van der Waals surface area contributed by atoms with E-state index in [1.165, 1.54) is 0 Å². The Labute approximate surface area is 128 Å². The summed E-state index contributed by atoms with van der Waals surface area (Å²) in [6.07, 6.45) is 1.82. The van der Waals surface area contributed by atoms with Gasteiger partial charge >= 0.3 is 0 Å². The lowest BCUT2D eigenvalue weighted by atomic mass is 10.1. The fourth-order valence-electron chi connectivity index (χ4n) is 2.17. The largest absolute Gasteiger partial charge is 0.494 e. The van der Waals surface area contributed by atoms with Crippen LogP contribution in [0.5, 0.6) is 5.75 Å². The summed E-state index contributed by atoms with van der Waals surface area (Å²) in [4.78, 5) is 6.58. The molecule has 0 atom stereocenters. The summed E-state index contributed by atoms with van der Waals surface area (Å²) in [5.74, 6) is 1.89. The Hall–Kier alpha value is -1.55. The molecule has 0 saturated carbocycles. The molecule has 0 aliphatic carbocycles. The maximum absolute atomic E-state index is 5.58. The van der Waals surface area contributed by atoms with Crippen molar-refractivity contribution in [3.05, 3.63) is 46.1 Å². The molecule has 0 aliphatic heterocycles. The van der Waals surface area contributed by atoms with Gasteiger partial charge in [-0.3, -0.25) is 0 Å². The van der Waals surface area contributed by atoms with Crippen LogP contribution in [0.1, 0.15) is 18.1 Å². The normalized spacial score (nSPS) is 10.4. The van der Waals surface area contributed by atoms with Crippen LogP contribution in [-0.2, 0) is 0 Å². The first kappa shape index (κ1) is 14.9. The first-order chi connectivity index (χ1) is 9.52. The van der Waals surface area contributed by atoms with Crippen LogP contribution in [0.15, 0.2) is 34.9 Å². The molecular formula is C16H19BrN2O. The van der Waals surface area contributed by atoms with E-state index >= 15 is 0 Å². The third kappa shape index (κ3) is 3.12. The van der Waals surface area contributed by atoms with Gasteiger partial charge in [-0.05, 0) is 72.1 Å². The molecule has 0 spiro atoms. The lowest BCUT2D eigenvalue weighted by Crippen LogP contribution is -2.13. The average Bonchev–Trinajstić information content (AvgIpc) is 2.40. The van der Waals surface area contributed by atoms with Gasteiger partial charge in [0, 0.05) is 23.4 Å². The zero-order valence-corrected chi connectivity index (χ0v) is 13.9. The number of hydrogen-bond acceptors (Lipinski definition) is 3. The zero-order valence-electron chi connectivity index (χ0n) is 12.3. The number of halogens is 1. The third-order valence-electron chi connectivity index (χ3n) is 3.18. The first-order valence-electron chi connectivity index (χ1n) is 6.62. The van der Waals surface area contributed by atoms with E-state index in [9.17, 15) is 0 Å². The molecule has 3 nitrogen and oxygen atoms in total. The van der Waals surface area contributed by atoms with Gasteiger partial charge in [0.25, 0.3) is 0 Å². The molecule has 0 saturated heterocycles. The molecular weight excluding hydrogens is 316 g/mol. The molecule has 4 heteroatoms. The summed E-state index contributed by atoms with van der Waals surface area (Å²) < 4.78 is 6.57. The molecule has 2 aromatic rings. The van der Waals surface area contributed by atoms with E-state index < -0.39 is 0 Å². The third-order valence-corrected chi connectivity index (χ3v) is 3.61. The summed E-state index contributed by atoms with van der Waals surface area (Å²) in [5.41, 5.74) is 3.36. The minimum absolute atomic E-state index is 0.684. The smallest absolute Gasteiger partial charge is 0.135 e. The lowest BCUT2D eigenvalue weighted by Gasteiger charge is -2.21. The van der Waals surface area contributed by atoms with Gasteiger partial charge in [-0.1, -0.05) is 0 Å². The number of anilines is 2. The zero-order chi connectivity index (χ0) is 14.7. The van der Waals surface area contributed by atoms with Crippen molar-refractivity contribution in [3.63, 3.8) is 0 Å². The van der Waals surface area contributed by atoms with E-state index in [1.54, 1.807) is 0 Å². The second kappa shape index (κ2) is 6.27. The van der Waals surface area contributed by atoms with Crippen molar-refractivity contribution >= 4 is 27.4 Å². The Morgan fingerprint density at radius 1 is 1.20 bits per heavy atom. The van der Waals surface area contributed by atoms with E-state index in [2.05, 4.69) is 57.9 Å². The standard InChI is InChI=1S/C16H19BrN2O/c1-5-20-15-7-6-14(9-11(15)2)19(4)16-12(3)8-13(17)10-18-16/h6-10H,5H2,1-4H3. The van der Waals surface area contributed by atoms with Crippen LogP contribution in [0.4, 0.5) is 11.5 Å². The van der Waals surface area contributed by atoms with E-state index in [0.717, 1.165) is 32.9 Å². The van der Waals surface area contributed by atoms with Crippen molar-refractivity contribution in [1.29, 1.82) is 0 Å². The Morgan fingerprint density at radius 2 is 1.95 bits per heavy atom. The molecule has 0 radical (unpaired) electrons. The van der Waals surface area contributed by atoms with Gasteiger partial charge in [-0.25, -0.2) is 4.98 Å². The molecule has 0 aliphatic rings. The van der Waals surface area contributed by atoms with Gasteiger partial charge in [0.05, 0.1) is 6.61 Å². The lowest BCUT2D eigenvalue weighted by molar-refractivity contribution is 0.338. The van der Waals surface area contributed by atoms with Crippen molar-refractivity contribution in [2.75, 3.05) is 18.6 Å². The summed E-state index contributed by atoms with van der Waals surface area (Å²) in [6, 6.07) is 8.26. The highest BCUT2D eigenvalue weighted by Gasteiger charge is 2.10. The number of benzene rings is 1. The van der Waals surface area contributed by atoms with Gasteiger partial charge in [0.1, 0.15) is 11.6 Å². The molecule has 0 bridgehead atoms. The molecule has 2 rings (SSSR count). The van der Waals surface area contributed by atoms with Crippen molar-refractivity contribution in [3.8, 4) is 5.75 Å². The topological polar surface area (TPSA) is 25.4 Å². The fourth-order valence-corrected chi connectivity index (χ4v) is 2.61. The average molecular weight is 335 g/mol. The number of ether oxygens (including phenoxy) is 1. The van der Waals surface area contributed by atoms with Crippen LogP contribution in [0.3, 0.4) is 0 Å². The molecule has 0 unspecified atom stereocenters. The van der Waals surface area contributed by atoms with E-state index in [-0.39, 0.29) is 0 Å². The second-order valence-corrected chi connectivity index (χ2v) is 5.65. The second-order valence-electron chi connectivity index (χ2n) is 4.74. The Balaban J connectivity index is 2.33. The molecule has 20 heavy (non-hydrogen) atoms. The summed E-state index contributed by atoms with van der Waals surface area (Å²) >= 11 is 3.44. The number of pyridine rings is 1. The molecule has 1 heterocycles. The van der Waals surface area contributed by atoms with Crippen LogP contribution in [-0.4, -0.2) is 18.6 Å². The van der Waals surface area contributed by atoms with Gasteiger partial charge in [0.15, 0.2) is 0 Å². The highest BCUT2D eigenvalue weighted by molar-refractivity contribution is 9.10. The highest BCUT2D eigenvalue weighted by atomic mass is 79.9. The summed E-state index contributed by atoms with van der Waals surface area (Å²) in [5, 5.41) is 0. The Bertz CT molecular complexity index is 613. The maximum atomic E-state index is 5.58. The van der Waals surface area contributed by atoms with Crippen molar-refractivity contribution < 1.29 is 4.74 Å². The van der Waals surface area contributed by atoms with E-state index in [0.29, 0.717) is 6.61 Å². The van der Waals surface area contributed by atoms with E-state index in [1.807, 2.05) is 26.2 Å². The number of aryl methyl sites for hydroxylation is 2. The number of nitrogens with zero attached hydrogens (tertiary/aromatic N) is 2. The minimum atomic E-state index is 0.684. The van der Waals surface area contributed by atoms with Crippen LogP contribution >= 0.6 is 15.9 Å². The monoisotopic (exact) mass is 334 g/mol. The van der Waals surface area contributed by atoms with Gasteiger partial charge in [0.2, 0.25) is 0 Å². The van der Waals surface area contributed by atoms with E-state index in [4.69, 9.17) is 4.74 Å². The van der Waals surface area contributed by atoms with Gasteiger partial charge in [-0.15, -0.1) is 0 Å². The molecule has 0 amide bonds. The van der Waals surface area contributed by atoms with Crippen molar-refractivity contribution in [1.82, 2.24) is 4.98 Å². The maximum Gasteiger partial charge on any atom is 0.135 e. The van der Waals surface area contributed by atoms with Crippen LogP contribution < -0.4 is 9.64 Å². The van der Waals surface area contributed by atoms with Crippen LogP contribution in [0.2, 0.25) is 0 Å². The molecule has 1 aromatic heterocycles. The highest BCUT2D eigenvalue weighted by Crippen LogP contribution is 2.29. The minimum Gasteiger partial charge on any atom is -0.494 e. The van der Waals surface area contributed by atoms with Crippen molar-refractivity contribution in [2.45, 2.75) is 20.8 Å². The molecule has 0 fully saturated rings. The molecule has 1 aromatic carbocycles. The Kier molecular flexibility index (Phi) is 4.65. The van der Waals surface area contributed by atoms with Crippen LogP contribution in [0.25, 0.3) is 0 Å². The molecule has 106 valence electrons. The first-order valence-corrected chi connectivity index (χ1v) is 7.41. The van der Waals surface area contributed by atoms with Gasteiger partial charge in [-0.2, -0.15) is 0 Å². The quantitative estimate of drug-likeness (QED) is 0.815. The van der Waals surface area contributed by atoms with Crippen molar-refractivity contribution in [2.24, 2.45) is 0 Å². The SMILES string of the molecule is CCOc1ccc(N(C)c2ncc(Br)cc2C)cc1C. The van der Waals surface area contributed by atoms with Gasteiger partial charge < -0.3 is 9.64 Å². The number of hydrogen-bond donors (Lipinski definition) is 0. The Morgan fingerprint density at radius 3 is 2.55 bits per heavy atom. The van der Waals surface area contributed by atoms with Crippen LogP contribution in [0, 0.1) is 13.8 Å². The fraction of sp³-hybridized carbons (Fsp3) is 0.312. The number of aromatic nitrogens is 1. The summed E-state index contributed by atoms with van der Waals surface area (Å²) in [7, 11) is 2.03.